The van der Waals surface area contributed by atoms with E-state index in [1.807, 2.05) is 22.6 Å². The fraction of sp³-hybridized carbons (Fsp3) is 0.500. The molecule has 1 saturated heterocycles. The van der Waals surface area contributed by atoms with Crippen LogP contribution in [0, 0.1) is 10.1 Å². The van der Waals surface area contributed by atoms with Crippen LogP contribution < -0.4 is 0 Å². The molecule has 8 heteroatoms. The van der Waals surface area contributed by atoms with Crippen molar-refractivity contribution in [2.45, 2.75) is 6.04 Å². The third kappa shape index (κ3) is 2.01. The van der Waals surface area contributed by atoms with Gasteiger partial charge in [-0.25, -0.2) is 0 Å². The van der Waals surface area contributed by atoms with Crippen LogP contribution in [-0.4, -0.2) is 43.0 Å². The van der Waals surface area contributed by atoms with Crippen molar-refractivity contribution in [3.63, 3.8) is 0 Å². The van der Waals surface area contributed by atoms with Crippen LogP contribution >= 0.6 is 22.6 Å². The topological polar surface area (TPSA) is 81.3 Å². The summed E-state index contributed by atoms with van der Waals surface area (Å²) >= 11 is 2.02. The Morgan fingerprint density at radius 2 is 2.38 bits per heavy atom. The predicted octanol–water partition coefficient (Wildman–Crippen LogP) is 0.610. The number of amides is 1. The lowest BCUT2D eigenvalue weighted by Crippen LogP contribution is -2.51. The number of rotatable bonds is 3. The van der Waals surface area contributed by atoms with Crippen molar-refractivity contribution >= 4 is 34.3 Å². The highest BCUT2D eigenvalue weighted by Gasteiger charge is 2.33. The maximum absolute atomic E-state index is 11.3. The van der Waals surface area contributed by atoms with Gasteiger partial charge in [0.1, 0.15) is 6.04 Å². The largest absolute Gasteiger partial charge is 0.389 e. The summed E-state index contributed by atoms with van der Waals surface area (Å²) in [6, 6.07) is 1.43. The zero-order valence-corrected chi connectivity index (χ0v) is 10.4. The first-order valence-electron chi connectivity index (χ1n) is 4.65. The van der Waals surface area contributed by atoms with Gasteiger partial charge in [-0.2, -0.15) is 4.68 Å². The van der Waals surface area contributed by atoms with E-state index in [0.717, 1.165) is 0 Å². The second kappa shape index (κ2) is 4.36. The quantitative estimate of drug-likeness (QED) is 0.351. The average molecular weight is 336 g/mol. The molecule has 16 heavy (non-hydrogen) atoms. The molecule has 1 aromatic heterocycles. The summed E-state index contributed by atoms with van der Waals surface area (Å²) in [4.78, 5) is 22.9. The van der Waals surface area contributed by atoms with E-state index in [9.17, 15) is 14.9 Å². The van der Waals surface area contributed by atoms with E-state index in [1.54, 1.807) is 15.8 Å². The highest BCUT2D eigenvalue weighted by molar-refractivity contribution is 14.1. The highest BCUT2D eigenvalue weighted by Crippen LogP contribution is 2.22. The molecule has 1 aliphatic heterocycles. The molecule has 1 fully saturated rings. The zero-order valence-electron chi connectivity index (χ0n) is 8.24. The number of carbonyl (C=O) groups excluding carboxylic acids is 1. The minimum atomic E-state index is -0.525. The van der Waals surface area contributed by atoms with Gasteiger partial charge in [0.25, 0.3) is 0 Å². The molecule has 0 aromatic carbocycles. The maximum atomic E-state index is 11.3. The predicted molar refractivity (Wildman–Crippen MR) is 63.4 cm³/mol. The summed E-state index contributed by atoms with van der Waals surface area (Å²) in [5.74, 6) is -0.0582. The molecule has 0 N–H and O–H groups in total. The normalized spacial score (nSPS) is 15.9. The van der Waals surface area contributed by atoms with Crippen LogP contribution in [0.25, 0.3) is 0 Å². The van der Waals surface area contributed by atoms with Gasteiger partial charge in [-0.15, -0.1) is 0 Å². The van der Waals surface area contributed by atoms with Gasteiger partial charge in [0, 0.05) is 13.1 Å². The maximum Gasteiger partial charge on any atom is 0.389 e. The van der Waals surface area contributed by atoms with Crippen LogP contribution in [0.3, 0.4) is 0 Å². The molecule has 0 unspecified atom stereocenters. The molecule has 2 rings (SSSR count). The first kappa shape index (κ1) is 11.3. The molecule has 0 aliphatic carbocycles. The lowest BCUT2D eigenvalue weighted by atomic mass is 10.1. The Hall–Kier alpha value is -1.19. The number of carbonyl (C=O) groups is 1. The summed E-state index contributed by atoms with van der Waals surface area (Å²) in [7, 11) is 0. The van der Waals surface area contributed by atoms with Gasteiger partial charge in [0.15, 0.2) is 0 Å². The van der Waals surface area contributed by atoms with Crippen LogP contribution in [-0.2, 0) is 4.79 Å². The number of hydrogen-bond donors (Lipinski definition) is 0. The minimum absolute atomic E-state index is 0.0700. The zero-order chi connectivity index (χ0) is 11.7. The molecule has 0 spiro atoms. The third-order valence-corrected chi connectivity index (χ3v) is 3.14. The van der Waals surface area contributed by atoms with Gasteiger partial charge in [-0.3, -0.25) is 4.79 Å². The van der Waals surface area contributed by atoms with E-state index in [0.29, 0.717) is 17.5 Å². The number of aromatic nitrogens is 2. The fourth-order valence-electron chi connectivity index (χ4n) is 1.54. The van der Waals surface area contributed by atoms with Gasteiger partial charge in [0.2, 0.25) is 5.91 Å². The Balaban J connectivity index is 1.96. The van der Waals surface area contributed by atoms with E-state index in [1.165, 1.54) is 6.07 Å². The SMILES string of the molecule is O=C(CI)N1CC(n2ccc([N+](=O)[O-])n2)C1. The molecule has 1 aliphatic rings. The van der Waals surface area contributed by atoms with Crippen LogP contribution in [0.15, 0.2) is 12.3 Å². The van der Waals surface area contributed by atoms with Gasteiger partial charge < -0.3 is 15.0 Å². The molecule has 7 nitrogen and oxygen atoms in total. The lowest BCUT2D eigenvalue weighted by Gasteiger charge is -2.37. The molecule has 0 radical (unpaired) electrons. The Morgan fingerprint density at radius 1 is 1.69 bits per heavy atom. The lowest BCUT2D eigenvalue weighted by molar-refractivity contribution is -0.389. The molecule has 1 aromatic rings. The molecule has 0 atom stereocenters. The summed E-state index contributed by atoms with van der Waals surface area (Å²) < 4.78 is 2.01. The Morgan fingerprint density at radius 3 is 2.88 bits per heavy atom. The molecular weight excluding hydrogens is 327 g/mol. The Bertz CT molecular complexity index is 427. The van der Waals surface area contributed by atoms with Gasteiger partial charge in [-0.05, 0) is 4.92 Å². The number of nitro groups is 1. The van der Waals surface area contributed by atoms with Crippen LogP contribution in [0.5, 0.6) is 0 Å². The molecule has 1 amide bonds. The Kier molecular flexibility index (Phi) is 3.08. The van der Waals surface area contributed by atoms with Crippen molar-refractivity contribution in [3.05, 3.63) is 22.4 Å². The average Bonchev–Trinajstić information content (AvgIpc) is 2.64. The van der Waals surface area contributed by atoms with Gasteiger partial charge in [0.05, 0.1) is 21.8 Å². The van der Waals surface area contributed by atoms with Crippen molar-refractivity contribution < 1.29 is 9.72 Å². The summed E-state index contributed by atoms with van der Waals surface area (Å²) in [5.41, 5.74) is 0. The van der Waals surface area contributed by atoms with E-state index in [4.69, 9.17) is 0 Å². The van der Waals surface area contributed by atoms with E-state index in [-0.39, 0.29) is 17.8 Å². The van der Waals surface area contributed by atoms with Crippen molar-refractivity contribution in [1.29, 1.82) is 0 Å². The fourth-order valence-corrected chi connectivity index (χ4v) is 2.02. The number of likely N-dealkylation sites (tertiary alicyclic amines) is 1. The van der Waals surface area contributed by atoms with E-state index >= 15 is 0 Å². The van der Waals surface area contributed by atoms with Crippen molar-refractivity contribution in [1.82, 2.24) is 14.7 Å². The molecule has 0 saturated carbocycles. The molecular formula is C8H9IN4O3. The monoisotopic (exact) mass is 336 g/mol. The van der Waals surface area contributed by atoms with Gasteiger partial charge >= 0.3 is 5.82 Å². The Labute approximate surface area is 105 Å². The minimum Gasteiger partial charge on any atom is -0.358 e. The van der Waals surface area contributed by atoms with Crippen LogP contribution in [0.2, 0.25) is 0 Å². The summed E-state index contributed by atoms with van der Waals surface area (Å²) in [6.45, 7) is 1.17. The van der Waals surface area contributed by atoms with Gasteiger partial charge in [-0.1, -0.05) is 22.6 Å². The van der Waals surface area contributed by atoms with Crippen LogP contribution in [0.1, 0.15) is 6.04 Å². The molecule has 0 bridgehead atoms. The first-order chi connectivity index (χ1) is 7.61. The second-order valence-corrected chi connectivity index (χ2v) is 4.26. The smallest absolute Gasteiger partial charge is 0.358 e. The number of alkyl halides is 1. The third-order valence-electron chi connectivity index (χ3n) is 2.48. The number of hydrogen-bond acceptors (Lipinski definition) is 4. The highest BCUT2D eigenvalue weighted by atomic mass is 127. The standard InChI is InChI=1S/C8H9IN4O3/c9-3-8(14)11-4-6(5-11)12-2-1-7(10-12)13(15)16/h1-2,6H,3-5H2. The van der Waals surface area contributed by atoms with Crippen molar-refractivity contribution in [2.24, 2.45) is 0 Å². The summed E-state index contributed by atoms with van der Waals surface area (Å²) in [6.07, 6.45) is 1.58. The summed E-state index contributed by atoms with van der Waals surface area (Å²) in [5, 5.41) is 14.3. The molecule has 86 valence electrons. The molecule has 2 heterocycles. The van der Waals surface area contributed by atoms with E-state index < -0.39 is 4.92 Å². The first-order valence-corrected chi connectivity index (χ1v) is 6.17. The van der Waals surface area contributed by atoms with Crippen LogP contribution in [0.4, 0.5) is 5.82 Å². The van der Waals surface area contributed by atoms with Crippen molar-refractivity contribution in [3.8, 4) is 0 Å². The van der Waals surface area contributed by atoms with Crippen molar-refractivity contribution in [2.75, 3.05) is 17.5 Å². The van der Waals surface area contributed by atoms with E-state index in [2.05, 4.69) is 5.10 Å². The number of halogens is 1. The second-order valence-electron chi connectivity index (χ2n) is 3.50. The number of nitrogens with zero attached hydrogens (tertiary/aromatic N) is 4.